The van der Waals surface area contributed by atoms with Crippen LogP contribution in [0.1, 0.15) is 31.7 Å². The van der Waals surface area contributed by atoms with Crippen LogP contribution in [-0.4, -0.2) is 13.4 Å². The molecule has 1 aliphatic rings. The number of unbranched alkanes of at least 4 members (excludes halogenated alkanes) is 1. The Kier molecular flexibility index (Phi) is 3.62. The molecule has 1 unspecified atom stereocenters. The number of methoxy groups -OCH3 is 1. The highest BCUT2D eigenvalue weighted by molar-refractivity contribution is 5.62. The highest BCUT2D eigenvalue weighted by atomic mass is 16.7. The average Bonchev–Trinajstić information content (AvgIpc) is 2.35. The van der Waals surface area contributed by atoms with Crippen molar-refractivity contribution < 1.29 is 9.47 Å². The van der Waals surface area contributed by atoms with E-state index in [4.69, 9.17) is 9.47 Å². The van der Waals surface area contributed by atoms with Gasteiger partial charge in [-0.05, 0) is 30.6 Å². The van der Waals surface area contributed by atoms with Gasteiger partial charge in [0.1, 0.15) is 5.75 Å². The number of hydrogen-bond donors (Lipinski definition) is 0. The molecular weight excluding hydrogens is 200 g/mol. The lowest BCUT2D eigenvalue weighted by Gasteiger charge is -2.26. The fourth-order valence-corrected chi connectivity index (χ4v) is 1.94. The smallest absolute Gasteiger partial charge is 0.222 e. The van der Waals surface area contributed by atoms with E-state index in [1.165, 1.54) is 18.4 Å². The van der Waals surface area contributed by atoms with Crippen LogP contribution in [-0.2, 0) is 4.74 Å². The summed E-state index contributed by atoms with van der Waals surface area (Å²) in [5.74, 6) is 0.912. The Hall–Kier alpha value is -1.28. The van der Waals surface area contributed by atoms with E-state index in [0.29, 0.717) is 0 Å². The lowest BCUT2D eigenvalue weighted by atomic mass is 10.0. The van der Waals surface area contributed by atoms with Gasteiger partial charge in [-0.2, -0.15) is 0 Å². The summed E-state index contributed by atoms with van der Waals surface area (Å²) in [5.41, 5.74) is 2.39. The molecule has 0 N–H and O–H groups in total. The van der Waals surface area contributed by atoms with E-state index in [2.05, 4.69) is 19.1 Å². The first-order valence-electron chi connectivity index (χ1n) is 5.84. The fourth-order valence-electron chi connectivity index (χ4n) is 1.94. The van der Waals surface area contributed by atoms with Crippen molar-refractivity contribution in [1.29, 1.82) is 0 Å². The van der Waals surface area contributed by atoms with Gasteiger partial charge < -0.3 is 9.47 Å². The summed E-state index contributed by atoms with van der Waals surface area (Å²) < 4.78 is 11.2. The SMILES string of the molecule is CCCCC1=Cc2ccccc2OC1OC. The van der Waals surface area contributed by atoms with Crippen LogP contribution >= 0.6 is 0 Å². The minimum atomic E-state index is -0.207. The molecule has 0 radical (unpaired) electrons. The Bertz CT molecular complexity index is 382. The fraction of sp³-hybridized carbons (Fsp3) is 0.429. The van der Waals surface area contributed by atoms with Crippen LogP contribution < -0.4 is 4.74 Å². The third-order valence-corrected chi connectivity index (χ3v) is 2.83. The maximum Gasteiger partial charge on any atom is 0.222 e. The number of para-hydroxylation sites is 1. The number of benzene rings is 1. The highest BCUT2D eigenvalue weighted by Gasteiger charge is 2.21. The van der Waals surface area contributed by atoms with Crippen LogP contribution in [0.15, 0.2) is 29.8 Å². The molecule has 0 fully saturated rings. The molecule has 2 rings (SSSR count). The molecule has 0 aromatic heterocycles. The first kappa shape index (κ1) is 11.2. The Morgan fingerprint density at radius 2 is 2.12 bits per heavy atom. The molecule has 1 aliphatic heterocycles. The van der Waals surface area contributed by atoms with Crippen LogP contribution in [0.3, 0.4) is 0 Å². The van der Waals surface area contributed by atoms with Crippen molar-refractivity contribution >= 4 is 6.08 Å². The molecular formula is C14H18O2. The van der Waals surface area contributed by atoms with E-state index in [9.17, 15) is 0 Å². The summed E-state index contributed by atoms with van der Waals surface area (Å²) in [6, 6.07) is 8.07. The van der Waals surface area contributed by atoms with Gasteiger partial charge in [0, 0.05) is 12.7 Å². The second-order valence-corrected chi connectivity index (χ2v) is 4.05. The zero-order chi connectivity index (χ0) is 11.4. The van der Waals surface area contributed by atoms with E-state index in [0.717, 1.165) is 17.7 Å². The van der Waals surface area contributed by atoms with E-state index in [1.807, 2.05) is 18.2 Å². The second kappa shape index (κ2) is 5.17. The molecule has 1 heterocycles. The molecule has 2 nitrogen and oxygen atoms in total. The van der Waals surface area contributed by atoms with E-state index >= 15 is 0 Å². The maximum atomic E-state index is 5.80. The van der Waals surface area contributed by atoms with Gasteiger partial charge in [-0.3, -0.25) is 0 Å². The number of rotatable bonds is 4. The normalized spacial score (nSPS) is 18.6. The van der Waals surface area contributed by atoms with Gasteiger partial charge in [-0.1, -0.05) is 31.5 Å². The topological polar surface area (TPSA) is 18.5 Å². The number of hydrogen-bond acceptors (Lipinski definition) is 2. The third kappa shape index (κ3) is 2.27. The summed E-state index contributed by atoms with van der Waals surface area (Å²) in [4.78, 5) is 0. The van der Waals surface area contributed by atoms with Crippen LogP contribution in [0, 0.1) is 0 Å². The molecule has 1 aromatic rings. The van der Waals surface area contributed by atoms with Crippen molar-refractivity contribution in [3.63, 3.8) is 0 Å². The van der Waals surface area contributed by atoms with Gasteiger partial charge in [-0.15, -0.1) is 0 Å². The van der Waals surface area contributed by atoms with Crippen molar-refractivity contribution in [1.82, 2.24) is 0 Å². The minimum Gasteiger partial charge on any atom is -0.460 e. The molecule has 0 amide bonds. The summed E-state index contributed by atoms with van der Waals surface area (Å²) >= 11 is 0. The Morgan fingerprint density at radius 1 is 1.31 bits per heavy atom. The molecule has 1 atom stereocenters. The maximum absolute atomic E-state index is 5.80. The predicted octanol–water partition coefficient (Wildman–Crippen LogP) is 3.63. The lowest BCUT2D eigenvalue weighted by molar-refractivity contribution is -0.0283. The zero-order valence-electron chi connectivity index (χ0n) is 9.90. The van der Waals surface area contributed by atoms with Crippen molar-refractivity contribution in [3.05, 3.63) is 35.4 Å². The summed E-state index contributed by atoms with van der Waals surface area (Å²) in [6.07, 6.45) is 5.40. The first-order chi connectivity index (χ1) is 7.85. The van der Waals surface area contributed by atoms with Gasteiger partial charge in [-0.25, -0.2) is 0 Å². The predicted molar refractivity (Wildman–Crippen MR) is 65.4 cm³/mol. The zero-order valence-corrected chi connectivity index (χ0v) is 9.90. The molecule has 16 heavy (non-hydrogen) atoms. The van der Waals surface area contributed by atoms with E-state index in [-0.39, 0.29) is 6.29 Å². The standard InChI is InChI=1S/C14H18O2/c1-3-4-7-12-10-11-8-5-6-9-13(11)16-14(12)15-2/h5-6,8-10,14H,3-4,7H2,1-2H3. The largest absolute Gasteiger partial charge is 0.460 e. The Balaban J connectivity index is 2.24. The monoisotopic (exact) mass is 218 g/mol. The van der Waals surface area contributed by atoms with Gasteiger partial charge in [0.2, 0.25) is 6.29 Å². The lowest BCUT2D eigenvalue weighted by Crippen LogP contribution is -2.24. The molecule has 1 aromatic carbocycles. The molecule has 0 spiro atoms. The van der Waals surface area contributed by atoms with Gasteiger partial charge in [0.15, 0.2) is 0 Å². The van der Waals surface area contributed by atoms with Crippen LogP contribution in [0.4, 0.5) is 0 Å². The summed E-state index contributed by atoms with van der Waals surface area (Å²) in [5, 5.41) is 0. The molecule has 86 valence electrons. The Morgan fingerprint density at radius 3 is 2.88 bits per heavy atom. The summed E-state index contributed by atoms with van der Waals surface area (Å²) in [6.45, 7) is 2.19. The quantitative estimate of drug-likeness (QED) is 0.768. The van der Waals surface area contributed by atoms with Crippen molar-refractivity contribution in [3.8, 4) is 5.75 Å². The number of fused-ring (bicyclic) bond motifs is 1. The first-order valence-corrected chi connectivity index (χ1v) is 5.84. The van der Waals surface area contributed by atoms with Crippen molar-refractivity contribution in [2.45, 2.75) is 32.5 Å². The van der Waals surface area contributed by atoms with Crippen molar-refractivity contribution in [2.75, 3.05) is 7.11 Å². The highest BCUT2D eigenvalue weighted by Crippen LogP contribution is 2.31. The van der Waals surface area contributed by atoms with Crippen LogP contribution in [0.5, 0.6) is 5.75 Å². The van der Waals surface area contributed by atoms with Gasteiger partial charge in [0.25, 0.3) is 0 Å². The van der Waals surface area contributed by atoms with Crippen LogP contribution in [0.25, 0.3) is 6.08 Å². The average molecular weight is 218 g/mol. The molecule has 0 aliphatic carbocycles. The second-order valence-electron chi connectivity index (χ2n) is 4.05. The Labute approximate surface area is 96.9 Å². The molecule has 2 heteroatoms. The van der Waals surface area contributed by atoms with E-state index in [1.54, 1.807) is 7.11 Å². The minimum absolute atomic E-state index is 0.207. The van der Waals surface area contributed by atoms with Crippen LogP contribution in [0.2, 0.25) is 0 Å². The van der Waals surface area contributed by atoms with Gasteiger partial charge in [0.05, 0.1) is 0 Å². The molecule has 0 saturated carbocycles. The summed E-state index contributed by atoms with van der Waals surface area (Å²) in [7, 11) is 1.69. The number of ether oxygens (including phenoxy) is 2. The molecule has 0 bridgehead atoms. The van der Waals surface area contributed by atoms with Gasteiger partial charge >= 0.3 is 0 Å². The van der Waals surface area contributed by atoms with E-state index < -0.39 is 0 Å². The molecule has 0 saturated heterocycles. The third-order valence-electron chi connectivity index (χ3n) is 2.83. The van der Waals surface area contributed by atoms with Crippen molar-refractivity contribution in [2.24, 2.45) is 0 Å².